The highest BCUT2D eigenvalue weighted by Crippen LogP contribution is 2.23. The third kappa shape index (κ3) is 4.12. The number of hydrogen-bond acceptors (Lipinski definition) is 2. The van der Waals surface area contributed by atoms with Gasteiger partial charge in [0.05, 0.1) is 6.10 Å². The average molecular weight is 227 g/mol. The zero-order valence-electron chi connectivity index (χ0n) is 11.0. The Labute approximate surface area is 98.8 Å². The minimum Gasteiger partial charge on any atom is -0.391 e. The fraction of sp³-hybridized carbons (Fsp3) is 0.923. The number of carbonyl (C=O) groups excluding carboxylic acids is 1. The van der Waals surface area contributed by atoms with Gasteiger partial charge in [-0.3, -0.25) is 4.79 Å². The second-order valence-corrected chi connectivity index (χ2v) is 6.26. The van der Waals surface area contributed by atoms with E-state index in [4.69, 9.17) is 0 Å². The van der Waals surface area contributed by atoms with Crippen molar-refractivity contribution in [2.24, 2.45) is 11.3 Å². The Balaban J connectivity index is 2.26. The van der Waals surface area contributed by atoms with Gasteiger partial charge in [0, 0.05) is 25.4 Å². The SMILES string of the molecule is CC1CN(C(=O)CCCC(C)(C)C)CC1O. The average Bonchev–Trinajstić information content (AvgIpc) is 2.45. The number of aliphatic hydroxyl groups excluding tert-OH is 1. The Hall–Kier alpha value is -0.570. The Morgan fingerprint density at radius 2 is 2.00 bits per heavy atom. The van der Waals surface area contributed by atoms with Gasteiger partial charge in [0.15, 0.2) is 0 Å². The first-order valence-corrected chi connectivity index (χ1v) is 6.25. The van der Waals surface area contributed by atoms with Crippen molar-refractivity contribution in [3.8, 4) is 0 Å². The van der Waals surface area contributed by atoms with Crippen LogP contribution in [0.1, 0.15) is 47.0 Å². The molecule has 1 fully saturated rings. The first-order valence-electron chi connectivity index (χ1n) is 6.25. The number of aliphatic hydroxyl groups is 1. The zero-order valence-corrected chi connectivity index (χ0v) is 11.0. The molecule has 0 aromatic rings. The van der Waals surface area contributed by atoms with Crippen LogP contribution in [0.15, 0.2) is 0 Å². The second-order valence-electron chi connectivity index (χ2n) is 6.26. The molecule has 1 aliphatic heterocycles. The van der Waals surface area contributed by atoms with E-state index < -0.39 is 0 Å². The van der Waals surface area contributed by atoms with Gasteiger partial charge in [-0.1, -0.05) is 27.7 Å². The number of amides is 1. The van der Waals surface area contributed by atoms with Crippen molar-refractivity contribution in [3.63, 3.8) is 0 Å². The van der Waals surface area contributed by atoms with Crippen molar-refractivity contribution < 1.29 is 9.90 Å². The van der Waals surface area contributed by atoms with Gasteiger partial charge in [-0.05, 0) is 18.3 Å². The Morgan fingerprint density at radius 3 is 2.44 bits per heavy atom. The van der Waals surface area contributed by atoms with Gasteiger partial charge in [0.1, 0.15) is 0 Å². The van der Waals surface area contributed by atoms with E-state index in [1.54, 1.807) is 4.90 Å². The molecule has 3 nitrogen and oxygen atoms in total. The molecule has 0 aromatic carbocycles. The van der Waals surface area contributed by atoms with Crippen LogP contribution in [-0.2, 0) is 4.79 Å². The number of carbonyl (C=O) groups is 1. The van der Waals surface area contributed by atoms with Crippen LogP contribution in [0.25, 0.3) is 0 Å². The lowest BCUT2D eigenvalue weighted by Gasteiger charge is -2.19. The highest BCUT2D eigenvalue weighted by molar-refractivity contribution is 5.76. The highest BCUT2D eigenvalue weighted by atomic mass is 16.3. The molecule has 1 rings (SSSR count). The smallest absolute Gasteiger partial charge is 0.222 e. The van der Waals surface area contributed by atoms with E-state index in [0.717, 1.165) is 19.4 Å². The fourth-order valence-corrected chi connectivity index (χ4v) is 2.08. The lowest BCUT2D eigenvalue weighted by Crippen LogP contribution is -2.29. The Kier molecular flexibility index (Phi) is 4.36. The predicted molar refractivity (Wildman–Crippen MR) is 65.1 cm³/mol. The van der Waals surface area contributed by atoms with Crippen LogP contribution >= 0.6 is 0 Å². The maximum atomic E-state index is 11.8. The van der Waals surface area contributed by atoms with Crippen molar-refractivity contribution in [1.82, 2.24) is 4.90 Å². The van der Waals surface area contributed by atoms with Crippen LogP contribution in [0.2, 0.25) is 0 Å². The summed E-state index contributed by atoms with van der Waals surface area (Å²) in [5, 5.41) is 9.58. The maximum absolute atomic E-state index is 11.8. The van der Waals surface area contributed by atoms with Crippen molar-refractivity contribution in [2.75, 3.05) is 13.1 Å². The number of nitrogens with zero attached hydrogens (tertiary/aromatic N) is 1. The largest absolute Gasteiger partial charge is 0.391 e. The normalized spacial score (nSPS) is 26.2. The summed E-state index contributed by atoms with van der Waals surface area (Å²) < 4.78 is 0. The lowest BCUT2D eigenvalue weighted by atomic mass is 9.90. The van der Waals surface area contributed by atoms with Crippen LogP contribution in [0.5, 0.6) is 0 Å². The van der Waals surface area contributed by atoms with Crippen LogP contribution in [0.4, 0.5) is 0 Å². The van der Waals surface area contributed by atoms with E-state index in [1.165, 1.54) is 0 Å². The number of hydrogen-bond donors (Lipinski definition) is 1. The van der Waals surface area contributed by atoms with Gasteiger partial charge >= 0.3 is 0 Å². The first kappa shape index (κ1) is 13.5. The van der Waals surface area contributed by atoms with Crippen LogP contribution in [0.3, 0.4) is 0 Å². The second kappa shape index (κ2) is 5.17. The van der Waals surface area contributed by atoms with Crippen LogP contribution in [-0.4, -0.2) is 35.1 Å². The van der Waals surface area contributed by atoms with Gasteiger partial charge < -0.3 is 10.0 Å². The van der Waals surface area contributed by atoms with Crippen molar-refractivity contribution >= 4 is 5.91 Å². The zero-order chi connectivity index (χ0) is 12.3. The summed E-state index contributed by atoms with van der Waals surface area (Å²) in [5.41, 5.74) is 0.304. The molecule has 3 heteroatoms. The van der Waals surface area contributed by atoms with Gasteiger partial charge in [-0.15, -0.1) is 0 Å². The third-order valence-corrected chi connectivity index (χ3v) is 3.24. The van der Waals surface area contributed by atoms with Gasteiger partial charge in [0.2, 0.25) is 5.91 Å². The van der Waals surface area contributed by atoms with Crippen molar-refractivity contribution in [2.45, 2.75) is 53.1 Å². The van der Waals surface area contributed by atoms with Gasteiger partial charge in [-0.2, -0.15) is 0 Å². The molecule has 0 radical (unpaired) electrons. The summed E-state index contributed by atoms with van der Waals surface area (Å²) in [6.45, 7) is 9.82. The minimum absolute atomic E-state index is 0.202. The molecule has 0 bridgehead atoms. The molecular weight excluding hydrogens is 202 g/mol. The summed E-state index contributed by atoms with van der Waals surface area (Å²) in [4.78, 5) is 13.6. The van der Waals surface area contributed by atoms with Crippen LogP contribution < -0.4 is 0 Å². The molecule has 1 aliphatic rings. The molecular formula is C13H25NO2. The van der Waals surface area contributed by atoms with E-state index in [0.29, 0.717) is 18.4 Å². The summed E-state index contributed by atoms with van der Waals surface area (Å²) in [6.07, 6.45) is 2.32. The lowest BCUT2D eigenvalue weighted by molar-refractivity contribution is -0.130. The molecule has 0 saturated carbocycles. The predicted octanol–water partition coefficient (Wildman–Crippen LogP) is 2.04. The molecule has 16 heavy (non-hydrogen) atoms. The molecule has 1 N–H and O–H groups in total. The van der Waals surface area contributed by atoms with Crippen molar-refractivity contribution in [1.29, 1.82) is 0 Å². The Morgan fingerprint density at radius 1 is 1.38 bits per heavy atom. The molecule has 1 heterocycles. The van der Waals surface area contributed by atoms with E-state index in [-0.39, 0.29) is 17.9 Å². The van der Waals surface area contributed by atoms with E-state index in [9.17, 15) is 9.90 Å². The standard InChI is InChI=1S/C13H25NO2/c1-10-8-14(9-11(10)15)12(16)6-5-7-13(2,3)4/h10-11,15H,5-9H2,1-4H3. The quantitative estimate of drug-likeness (QED) is 0.801. The monoisotopic (exact) mass is 227 g/mol. The fourth-order valence-electron chi connectivity index (χ4n) is 2.08. The molecule has 0 spiro atoms. The summed E-state index contributed by atoms with van der Waals surface area (Å²) in [5.74, 6) is 0.430. The summed E-state index contributed by atoms with van der Waals surface area (Å²) >= 11 is 0. The van der Waals surface area contributed by atoms with E-state index >= 15 is 0 Å². The third-order valence-electron chi connectivity index (χ3n) is 3.24. The number of likely N-dealkylation sites (tertiary alicyclic amines) is 1. The molecule has 94 valence electrons. The molecule has 0 aliphatic carbocycles. The molecule has 0 aromatic heterocycles. The number of β-amino-alcohol motifs (C(OH)–C–C–N with tert-alkyl or cyclic N) is 1. The highest BCUT2D eigenvalue weighted by Gasteiger charge is 2.30. The molecule has 2 unspecified atom stereocenters. The van der Waals surface area contributed by atoms with Crippen molar-refractivity contribution in [3.05, 3.63) is 0 Å². The topological polar surface area (TPSA) is 40.5 Å². The molecule has 1 saturated heterocycles. The molecule has 2 atom stereocenters. The Bertz CT molecular complexity index is 235. The first-order chi connectivity index (χ1) is 7.29. The van der Waals surface area contributed by atoms with E-state index in [1.807, 2.05) is 6.92 Å². The van der Waals surface area contributed by atoms with Gasteiger partial charge in [-0.25, -0.2) is 0 Å². The summed E-state index contributed by atoms with van der Waals surface area (Å²) in [7, 11) is 0. The van der Waals surface area contributed by atoms with E-state index in [2.05, 4.69) is 20.8 Å². The minimum atomic E-state index is -0.327. The molecule has 1 amide bonds. The van der Waals surface area contributed by atoms with Gasteiger partial charge in [0.25, 0.3) is 0 Å². The number of rotatable bonds is 3. The summed E-state index contributed by atoms with van der Waals surface area (Å²) in [6, 6.07) is 0. The van der Waals surface area contributed by atoms with Crippen LogP contribution in [0, 0.1) is 11.3 Å². The maximum Gasteiger partial charge on any atom is 0.222 e.